The molecule has 1 amide bonds. The van der Waals surface area contributed by atoms with Gasteiger partial charge in [0.2, 0.25) is 5.91 Å². The molecule has 0 saturated carbocycles. The molecule has 116 valence electrons. The Balaban J connectivity index is 2.17. The van der Waals surface area contributed by atoms with Gasteiger partial charge in [0.05, 0.1) is 13.7 Å². The molecule has 0 aliphatic rings. The maximum atomic E-state index is 11.8. The molecular weight excluding hydrogens is 268 g/mol. The van der Waals surface area contributed by atoms with Crippen molar-refractivity contribution in [3.8, 4) is 0 Å². The van der Waals surface area contributed by atoms with Crippen LogP contribution in [0.2, 0.25) is 0 Å². The topological polar surface area (TPSA) is 58.6 Å². The third kappa shape index (κ3) is 6.06. The van der Waals surface area contributed by atoms with Crippen LogP contribution >= 0.6 is 0 Å². The molecule has 0 saturated heterocycles. The Morgan fingerprint density at radius 3 is 2.57 bits per heavy atom. The van der Waals surface area contributed by atoms with Gasteiger partial charge in [0, 0.05) is 18.5 Å². The largest absolute Gasteiger partial charge is 0.310 e. The number of amides is 1. The zero-order valence-electron chi connectivity index (χ0n) is 13.0. The van der Waals surface area contributed by atoms with Crippen LogP contribution in [0.25, 0.3) is 0 Å². The molecular formula is C16H24N2O3. The highest BCUT2D eigenvalue weighted by atomic mass is 16.7. The minimum Gasteiger partial charge on any atom is -0.310 e. The summed E-state index contributed by atoms with van der Waals surface area (Å²) in [5.74, 6) is -0.0294. The number of ketones is 1. The van der Waals surface area contributed by atoms with Crippen LogP contribution in [0.1, 0.15) is 30.1 Å². The van der Waals surface area contributed by atoms with E-state index in [0.29, 0.717) is 13.1 Å². The number of Topliss-reactive ketones (excluding diaryl/α,β-unsaturated/α-hetero) is 1. The van der Waals surface area contributed by atoms with Gasteiger partial charge >= 0.3 is 0 Å². The van der Waals surface area contributed by atoms with Crippen LogP contribution in [-0.4, -0.2) is 44.0 Å². The lowest BCUT2D eigenvalue weighted by atomic mass is 10.0. The predicted molar refractivity (Wildman–Crippen MR) is 81.8 cm³/mol. The zero-order chi connectivity index (χ0) is 15.7. The molecule has 5 nitrogen and oxygen atoms in total. The molecule has 1 rings (SSSR count). The first-order valence-corrected chi connectivity index (χ1v) is 7.17. The number of nitrogens with zero attached hydrogens (tertiary/aromatic N) is 1. The SMILES string of the molecule is CON(C)C(=O)[C@H](C)CCCNCC(=O)c1ccccc1. The van der Waals surface area contributed by atoms with Gasteiger partial charge in [0.1, 0.15) is 0 Å². The maximum Gasteiger partial charge on any atom is 0.248 e. The Hall–Kier alpha value is -1.72. The van der Waals surface area contributed by atoms with E-state index in [1.807, 2.05) is 37.3 Å². The van der Waals surface area contributed by atoms with Crippen molar-refractivity contribution in [1.29, 1.82) is 0 Å². The number of carbonyl (C=O) groups is 2. The van der Waals surface area contributed by atoms with Crippen LogP contribution in [0.3, 0.4) is 0 Å². The second-order valence-electron chi connectivity index (χ2n) is 5.03. The summed E-state index contributed by atoms with van der Waals surface area (Å²) in [6.07, 6.45) is 1.60. The number of nitrogens with one attached hydrogen (secondary N) is 1. The van der Waals surface area contributed by atoms with Crippen LogP contribution in [0.15, 0.2) is 30.3 Å². The first-order valence-electron chi connectivity index (χ1n) is 7.17. The Kier molecular flexibility index (Phi) is 7.64. The Morgan fingerprint density at radius 1 is 1.29 bits per heavy atom. The van der Waals surface area contributed by atoms with E-state index < -0.39 is 0 Å². The lowest BCUT2D eigenvalue weighted by Crippen LogP contribution is -2.31. The molecule has 0 aliphatic heterocycles. The molecule has 0 heterocycles. The van der Waals surface area contributed by atoms with Crippen molar-refractivity contribution >= 4 is 11.7 Å². The van der Waals surface area contributed by atoms with Crippen molar-refractivity contribution in [2.75, 3.05) is 27.2 Å². The lowest BCUT2D eigenvalue weighted by molar-refractivity contribution is -0.173. The smallest absolute Gasteiger partial charge is 0.248 e. The molecule has 0 aliphatic carbocycles. The van der Waals surface area contributed by atoms with Gasteiger partial charge in [-0.2, -0.15) is 0 Å². The monoisotopic (exact) mass is 292 g/mol. The second kappa shape index (κ2) is 9.26. The van der Waals surface area contributed by atoms with Crippen molar-refractivity contribution in [2.45, 2.75) is 19.8 Å². The summed E-state index contributed by atoms with van der Waals surface area (Å²) in [6.45, 7) is 2.92. The van der Waals surface area contributed by atoms with E-state index in [-0.39, 0.29) is 17.6 Å². The summed E-state index contributed by atoms with van der Waals surface area (Å²) in [4.78, 5) is 28.5. The van der Waals surface area contributed by atoms with E-state index in [1.165, 1.54) is 12.2 Å². The molecule has 1 aromatic carbocycles. The fraction of sp³-hybridized carbons (Fsp3) is 0.500. The van der Waals surface area contributed by atoms with Crippen molar-refractivity contribution in [2.24, 2.45) is 5.92 Å². The maximum absolute atomic E-state index is 11.8. The lowest BCUT2D eigenvalue weighted by Gasteiger charge is -2.18. The molecule has 1 N–H and O–H groups in total. The summed E-state index contributed by atoms with van der Waals surface area (Å²) in [7, 11) is 3.08. The van der Waals surface area contributed by atoms with Crippen molar-refractivity contribution in [3.63, 3.8) is 0 Å². The number of carbonyl (C=O) groups excluding carboxylic acids is 2. The van der Waals surface area contributed by atoms with E-state index >= 15 is 0 Å². The van der Waals surface area contributed by atoms with Crippen LogP contribution in [-0.2, 0) is 9.63 Å². The average Bonchev–Trinajstić information content (AvgIpc) is 2.53. The van der Waals surface area contributed by atoms with Gasteiger partial charge in [-0.3, -0.25) is 14.4 Å². The molecule has 1 atom stereocenters. The van der Waals surface area contributed by atoms with Crippen LogP contribution < -0.4 is 5.32 Å². The first-order chi connectivity index (χ1) is 10.1. The Morgan fingerprint density at radius 2 is 1.95 bits per heavy atom. The van der Waals surface area contributed by atoms with Gasteiger partial charge in [-0.05, 0) is 19.4 Å². The van der Waals surface area contributed by atoms with Gasteiger partial charge in [-0.25, -0.2) is 5.06 Å². The van der Waals surface area contributed by atoms with Crippen LogP contribution in [0.5, 0.6) is 0 Å². The van der Waals surface area contributed by atoms with Gasteiger partial charge in [0.15, 0.2) is 5.78 Å². The number of hydrogen-bond donors (Lipinski definition) is 1. The number of rotatable bonds is 9. The molecule has 21 heavy (non-hydrogen) atoms. The molecule has 0 fully saturated rings. The molecule has 0 spiro atoms. The fourth-order valence-corrected chi connectivity index (χ4v) is 1.99. The summed E-state index contributed by atoms with van der Waals surface area (Å²) in [6, 6.07) is 9.22. The highest BCUT2D eigenvalue weighted by Crippen LogP contribution is 2.08. The summed E-state index contributed by atoms with van der Waals surface area (Å²) in [5.41, 5.74) is 0.718. The van der Waals surface area contributed by atoms with E-state index in [1.54, 1.807) is 7.05 Å². The molecule has 0 radical (unpaired) electrons. The van der Waals surface area contributed by atoms with Gasteiger partial charge in [0.25, 0.3) is 0 Å². The highest BCUT2D eigenvalue weighted by Gasteiger charge is 2.16. The standard InChI is InChI=1S/C16H24N2O3/c1-13(16(20)18(2)21-3)8-7-11-17-12-15(19)14-9-5-4-6-10-14/h4-6,9-10,13,17H,7-8,11-12H2,1-3H3/t13-/m1/s1. The summed E-state index contributed by atoms with van der Waals surface area (Å²) in [5, 5.41) is 4.36. The molecule has 0 unspecified atom stereocenters. The Bertz CT molecular complexity index is 448. The second-order valence-corrected chi connectivity index (χ2v) is 5.03. The molecule has 1 aromatic rings. The molecule has 5 heteroatoms. The molecule has 0 aromatic heterocycles. The number of benzene rings is 1. The third-order valence-electron chi connectivity index (χ3n) is 3.38. The number of hydroxylamine groups is 2. The van der Waals surface area contributed by atoms with Crippen molar-refractivity contribution < 1.29 is 14.4 Å². The van der Waals surface area contributed by atoms with Gasteiger partial charge < -0.3 is 5.32 Å². The van der Waals surface area contributed by atoms with Crippen LogP contribution in [0.4, 0.5) is 0 Å². The minimum absolute atomic E-state index is 0.0298. The number of hydrogen-bond acceptors (Lipinski definition) is 4. The average molecular weight is 292 g/mol. The fourth-order valence-electron chi connectivity index (χ4n) is 1.99. The van der Waals surface area contributed by atoms with Crippen molar-refractivity contribution in [3.05, 3.63) is 35.9 Å². The van der Waals surface area contributed by atoms with Crippen molar-refractivity contribution in [1.82, 2.24) is 10.4 Å². The highest BCUT2D eigenvalue weighted by molar-refractivity contribution is 5.97. The first kappa shape index (κ1) is 17.3. The minimum atomic E-state index is -0.0819. The van der Waals surface area contributed by atoms with E-state index in [2.05, 4.69) is 5.32 Å². The van der Waals surface area contributed by atoms with E-state index in [9.17, 15) is 9.59 Å². The quantitative estimate of drug-likeness (QED) is 0.429. The van der Waals surface area contributed by atoms with Gasteiger partial charge in [-0.1, -0.05) is 37.3 Å². The summed E-state index contributed by atoms with van der Waals surface area (Å²) >= 11 is 0. The van der Waals surface area contributed by atoms with E-state index in [4.69, 9.17) is 4.84 Å². The normalized spacial score (nSPS) is 12.0. The third-order valence-corrected chi connectivity index (χ3v) is 3.38. The van der Waals surface area contributed by atoms with Crippen LogP contribution in [0, 0.1) is 5.92 Å². The molecule has 0 bridgehead atoms. The summed E-state index contributed by atoms with van der Waals surface area (Å²) < 4.78 is 0. The van der Waals surface area contributed by atoms with Gasteiger partial charge in [-0.15, -0.1) is 0 Å². The van der Waals surface area contributed by atoms with E-state index in [0.717, 1.165) is 18.4 Å². The predicted octanol–water partition coefficient (Wildman–Crippen LogP) is 1.89. The zero-order valence-corrected chi connectivity index (χ0v) is 13.0. The Labute approximate surface area is 126 Å².